The van der Waals surface area contributed by atoms with Gasteiger partial charge in [0.05, 0.1) is 28.3 Å². The van der Waals surface area contributed by atoms with E-state index >= 15 is 0 Å². The van der Waals surface area contributed by atoms with E-state index in [2.05, 4.69) is 84.9 Å². The number of nitrogens with one attached hydrogen (secondary N) is 2. The number of primary sulfonamides is 1. The van der Waals surface area contributed by atoms with Gasteiger partial charge in [-0.15, -0.1) is 0 Å². The lowest BCUT2D eigenvalue weighted by atomic mass is 10.2. The molecule has 0 saturated carbocycles. The van der Waals surface area contributed by atoms with E-state index in [0.29, 0.717) is 32.8 Å². The first-order chi connectivity index (χ1) is 19.2. The quantitative estimate of drug-likeness (QED) is 0.242. The summed E-state index contributed by atoms with van der Waals surface area (Å²) in [5, 5.41) is 8.61. The van der Waals surface area contributed by atoms with Crippen LogP contribution in [0.4, 0.5) is 17.1 Å². The summed E-state index contributed by atoms with van der Waals surface area (Å²) >= 11 is 3.56. The number of aryl methyl sites for hydroxylation is 1. The van der Waals surface area contributed by atoms with Gasteiger partial charge in [0.25, 0.3) is 0 Å². The van der Waals surface area contributed by atoms with Crippen molar-refractivity contribution in [1.29, 1.82) is 0 Å². The topological polar surface area (TPSA) is 131 Å². The van der Waals surface area contributed by atoms with Crippen molar-refractivity contribution in [2.45, 2.75) is 18.7 Å². The van der Waals surface area contributed by atoms with Gasteiger partial charge in [0, 0.05) is 53.3 Å². The predicted molar refractivity (Wildman–Crippen MR) is 160 cm³/mol. The zero-order valence-electron chi connectivity index (χ0n) is 22.0. The van der Waals surface area contributed by atoms with Gasteiger partial charge in [0.2, 0.25) is 10.0 Å². The van der Waals surface area contributed by atoms with E-state index in [1.54, 1.807) is 18.3 Å². The number of aromatic nitrogens is 4. The van der Waals surface area contributed by atoms with Crippen LogP contribution >= 0.6 is 15.9 Å². The Kier molecular flexibility index (Phi) is 6.87. The molecule has 1 aliphatic rings. The largest absolute Gasteiger partial charge is 0.378 e. The first-order valence-corrected chi connectivity index (χ1v) is 15.1. The number of morpholine rings is 1. The summed E-state index contributed by atoms with van der Waals surface area (Å²) in [7, 11) is -3.83. The number of ether oxygens (including phenoxy) is 1. The van der Waals surface area contributed by atoms with Gasteiger partial charge in [-0.3, -0.25) is 0 Å². The van der Waals surface area contributed by atoms with Crippen molar-refractivity contribution in [3.8, 4) is 17.1 Å². The molecule has 206 valence electrons. The Morgan fingerprint density at radius 2 is 1.77 bits per heavy atom. The summed E-state index contributed by atoms with van der Waals surface area (Å²) in [6.45, 7) is 7.46. The molecule has 40 heavy (non-hydrogen) atoms. The number of H-pyrrole nitrogens is 1. The summed E-state index contributed by atoms with van der Waals surface area (Å²) in [6, 6.07) is 17.1. The van der Waals surface area contributed by atoms with Crippen LogP contribution in [0.3, 0.4) is 0 Å². The maximum absolute atomic E-state index is 11.8. The fourth-order valence-corrected chi connectivity index (χ4v) is 6.07. The van der Waals surface area contributed by atoms with Crippen molar-refractivity contribution in [3.05, 3.63) is 76.7 Å². The molecule has 0 unspecified atom stereocenters. The van der Waals surface area contributed by atoms with Crippen LogP contribution in [-0.4, -0.2) is 54.2 Å². The number of nitrogens with zero attached hydrogens (tertiary/aromatic N) is 4. The van der Waals surface area contributed by atoms with Crippen molar-refractivity contribution in [1.82, 2.24) is 19.5 Å². The number of hydrogen-bond donors (Lipinski definition) is 3. The van der Waals surface area contributed by atoms with Crippen LogP contribution in [0, 0.1) is 13.8 Å². The van der Waals surface area contributed by atoms with E-state index in [1.807, 2.05) is 0 Å². The molecule has 10 nitrogen and oxygen atoms in total. The van der Waals surface area contributed by atoms with Gasteiger partial charge in [0.1, 0.15) is 11.3 Å². The molecule has 0 spiro atoms. The second-order valence-corrected chi connectivity index (χ2v) is 12.1. The molecule has 0 bridgehead atoms. The third-order valence-corrected chi connectivity index (χ3v) is 8.59. The van der Waals surface area contributed by atoms with E-state index in [1.165, 1.54) is 17.8 Å². The number of fused-ring (bicyclic) bond motifs is 1. The molecular weight excluding hydrogens is 594 g/mol. The lowest BCUT2D eigenvalue weighted by Crippen LogP contribution is -2.36. The highest BCUT2D eigenvalue weighted by Crippen LogP contribution is 2.35. The number of aromatic amines is 1. The number of nitrogens with two attached hydrogens (primary N) is 1. The summed E-state index contributed by atoms with van der Waals surface area (Å²) in [5.41, 5.74) is 7.83. The first-order valence-electron chi connectivity index (χ1n) is 12.8. The molecule has 0 aliphatic carbocycles. The standard InChI is InChI=1S/C28H28BrN7O3S/c1-17-14-23(18(2)36(17)21-8-6-20(7-9-21)35-10-12-39-13-11-35)27-33-26-25(24(29)16-31-28(26)34-27)32-19-4-3-5-22(15-19)40(30,37)38/h3-9,14-16H,10-13H2,1-2H3,(H2,30,37,38)(H2,31,32,33,34). The van der Waals surface area contributed by atoms with Crippen molar-refractivity contribution < 1.29 is 13.2 Å². The van der Waals surface area contributed by atoms with Gasteiger partial charge < -0.3 is 24.5 Å². The number of anilines is 3. The number of halogens is 1. The van der Waals surface area contributed by atoms with E-state index in [0.717, 1.165) is 48.9 Å². The van der Waals surface area contributed by atoms with Gasteiger partial charge in [-0.2, -0.15) is 0 Å². The summed E-state index contributed by atoms with van der Waals surface area (Å²) in [6.07, 6.45) is 1.66. The first kappa shape index (κ1) is 26.5. The molecule has 4 N–H and O–H groups in total. The number of imidazole rings is 1. The van der Waals surface area contributed by atoms with Crippen molar-refractivity contribution in [3.63, 3.8) is 0 Å². The van der Waals surface area contributed by atoms with Crippen LogP contribution in [-0.2, 0) is 14.8 Å². The smallest absolute Gasteiger partial charge is 0.238 e. The molecule has 12 heteroatoms. The number of sulfonamides is 1. The van der Waals surface area contributed by atoms with E-state index in [9.17, 15) is 8.42 Å². The minimum Gasteiger partial charge on any atom is -0.378 e. The number of hydrogen-bond acceptors (Lipinski definition) is 7. The maximum atomic E-state index is 11.8. The van der Waals surface area contributed by atoms with Gasteiger partial charge in [-0.25, -0.2) is 23.5 Å². The Morgan fingerprint density at radius 1 is 1.05 bits per heavy atom. The molecular formula is C28H28BrN7O3S. The van der Waals surface area contributed by atoms with Crippen LogP contribution in [0.2, 0.25) is 0 Å². The fraction of sp³-hybridized carbons (Fsp3) is 0.214. The Hall–Kier alpha value is -3.71. The van der Waals surface area contributed by atoms with Crippen LogP contribution in [0.1, 0.15) is 11.4 Å². The molecule has 1 saturated heterocycles. The molecule has 0 atom stereocenters. The molecule has 1 fully saturated rings. The van der Waals surface area contributed by atoms with Crippen molar-refractivity contribution in [2.24, 2.45) is 5.14 Å². The Labute approximate surface area is 240 Å². The monoisotopic (exact) mass is 621 g/mol. The molecule has 6 rings (SSSR count). The molecule has 4 heterocycles. The SMILES string of the molecule is Cc1cc(-c2nc3ncc(Br)c(Nc4cccc(S(N)(=O)=O)c4)c3[nH]2)c(C)n1-c1ccc(N2CCOCC2)cc1. The lowest BCUT2D eigenvalue weighted by molar-refractivity contribution is 0.122. The molecule has 5 aromatic rings. The van der Waals surface area contributed by atoms with Crippen LogP contribution < -0.4 is 15.4 Å². The number of pyridine rings is 1. The Balaban J connectivity index is 1.35. The lowest BCUT2D eigenvalue weighted by Gasteiger charge is -2.29. The van der Waals surface area contributed by atoms with Crippen LogP contribution in [0.5, 0.6) is 0 Å². The third-order valence-electron chi connectivity index (χ3n) is 7.08. The van der Waals surface area contributed by atoms with Crippen molar-refractivity contribution in [2.75, 3.05) is 36.5 Å². The zero-order chi connectivity index (χ0) is 28.0. The van der Waals surface area contributed by atoms with Crippen LogP contribution in [0.15, 0.2) is 70.2 Å². The normalized spacial score (nSPS) is 14.2. The fourth-order valence-electron chi connectivity index (χ4n) is 5.11. The summed E-state index contributed by atoms with van der Waals surface area (Å²) in [4.78, 5) is 15.1. The van der Waals surface area contributed by atoms with Crippen molar-refractivity contribution >= 4 is 54.2 Å². The third kappa shape index (κ3) is 4.99. The highest BCUT2D eigenvalue weighted by atomic mass is 79.9. The highest BCUT2D eigenvalue weighted by molar-refractivity contribution is 9.10. The summed E-state index contributed by atoms with van der Waals surface area (Å²) < 4.78 is 32.1. The van der Waals surface area contributed by atoms with Gasteiger partial charge in [-0.05, 0) is 78.3 Å². The highest BCUT2D eigenvalue weighted by Gasteiger charge is 2.19. The maximum Gasteiger partial charge on any atom is 0.238 e. The Morgan fingerprint density at radius 3 is 2.50 bits per heavy atom. The van der Waals surface area contributed by atoms with Crippen LogP contribution in [0.25, 0.3) is 28.2 Å². The second kappa shape index (κ2) is 10.4. The molecule has 2 aromatic carbocycles. The molecule has 1 aliphatic heterocycles. The predicted octanol–water partition coefficient (Wildman–Crippen LogP) is 5.02. The van der Waals surface area contributed by atoms with Gasteiger partial charge >= 0.3 is 0 Å². The Bertz CT molecular complexity index is 1830. The molecule has 0 radical (unpaired) electrons. The molecule has 0 amide bonds. The van der Waals surface area contributed by atoms with Gasteiger partial charge in [-0.1, -0.05) is 6.07 Å². The zero-order valence-corrected chi connectivity index (χ0v) is 24.4. The number of rotatable bonds is 6. The van der Waals surface area contributed by atoms with E-state index in [-0.39, 0.29) is 4.90 Å². The number of benzene rings is 2. The summed E-state index contributed by atoms with van der Waals surface area (Å²) in [5.74, 6) is 0.686. The molecule has 3 aromatic heterocycles. The minimum absolute atomic E-state index is 0.0228. The average Bonchev–Trinajstić information content (AvgIpc) is 3.51. The second-order valence-electron chi connectivity index (χ2n) is 9.70. The average molecular weight is 623 g/mol. The minimum atomic E-state index is -3.83. The van der Waals surface area contributed by atoms with E-state index in [4.69, 9.17) is 14.9 Å². The van der Waals surface area contributed by atoms with Gasteiger partial charge in [0.15, 0.2) is 5.65 Å². The van der Waals surface area contributed by atoms with E-state index < -0.39 is 10.0 Å².